The van der Waals surface area contributed by atoms with Gasteiger partial charge in [-0.1, -0.05) is 116 Å². The zero-order valence-corrected chi connectivity index (χ0v) is 32.3. The van der Waals surface area contributed by atoms with E-state index in [1.807, 2.05) is 12.1 Å². The molecular formula is C53H36N4O2. The Morgan fingerprint density at radius 1 is 0.508 bits per heavy atom. The highest BCUT2D eigenvalue weighted by Crippen LogP contribution is 2.52. The van der Waals surface area contributed by atoms with Crippen LogP contribution in [-0.4, -0.2) is 19.1 Å². The fourth-order valence-electron chi connectivity index (χ4n) is 10.2. The maximum Gasteiger partial charge on any atom is 0.144 e. The van der Waals surface area contributed by atoms with Gasteiger partial charge in [-0.15, -0.1) is 0 Å². The quantitative estimate of drug-likeness (QED) is 0.179. The van der Waals surface area contributed by atoms with Crippen molar-refractivity contribution in [2.24, 2.45) is 5.92 Å². The van der Waals surface area contributed by atoms with Crippen LogP contribution in [0.3, 0.4) is 0 Å². The molecule has 2 unspecified atom stereocenters. The molecule has 2 atom stereocenters. The Morgan fingerprint density at radius 2 is 1.10 bits per heavy atom. The molecule has 1 aliphatic carbocycles. The average Bonchev–Trinajstić information content (AvgIpc) is 4.04. The molecule has 0 bridgehead atoms. The van der Waals surface area contributed by atoms with Crippen molar-refractivity contribution in [3.05, 3.63) is 181 Å². The summed E-state index contributed by atoms with van der Waals surface area (Å²) >= 11 is 0. The third-order valence-corrected chi connectivity index (χ3v) is 12.8. The van der Waals surface area contributed by atoms with Gasteiger partial charge in [-0.3, -0.25) is 9.13 Å². The molecule has 0 radical (unpaired) electrons. The van der Waals surface area contributed by atoms with Crippen LogP contribution in [0.5, 0.6) is 5.75 Å². The molecule has 59 heavy (non-hydrogen) atoms. The summed E-state index contributed by atoms with van der Waals surface area (Å²) in [5.41, 5.74) is 11.4. The Hall–Kier alpha value is -7.44. The third-order valence-electron chi connectivity index (χ3n) is 12.8. The zero-order chi connectivity index (χ0) is 38.8. The van der Waals surface area contributed by atoms with Gasteiger partial charge in [0.05, 0.1) is 33.5 Å². The van der Waals surface area contributed by atoms with Gasteiger partial charge in [-0.25, -0.2) is 9.97 Å². The van der Waals surface area contributed by atoms with Gasteiger partial charge in [0.1, 0.15) is 34.3 Å². The number of fused-ring (bicyclic) bond motifs is 13. The van der Waals surface area contributed by atoms with Crippen LogP contribution in [0.2, 0.25) is 0 Å². The lowest BCUT2D eigenvalue weighted by Gasteiger charge is -2.27. The molecule has 1 aliphatic heterocycles. The van der Waals surface area contributed by atoms with Gasteiger partial charge in [-0.2, -0.15) is 0 Å². The van der Waals surface area contributed by atoms with E-state index in [2.05, 4.69) is 168 Å². The molecule has 0 fully saturated rings. The summed E-state index contributed by atoms with van der Waals surface area (Å²) in [6.45, 7) is 2.32. The van der Waals surface area contributed by atoms with Gasteiger partial charge in [0.15, 0.2) is 0 Å². The number of hydrogen-bond donors (Lipinski definition) is 0. The number of nitrogens with zero attached hydrogens (tertiary/aromatic N) is 4. The lowest BCUT2D eigenvalue weighted by Crippen LogP contribution is -2.16. The topological polar surface area (TPSA) is 58.0 Å². The predicted octanol–water partition coefficient (Wildman–Crippen LogP) is 13.6. The largest absolute Gasteiger partial charge is 0.460 e. The minimum absolute atomic E-state index is 0.258. The van der Waals surface area contributed by atoms with Gasteiger partial charge in [0, 0.05) is 54.9 Å². The minimum atomic E-state index is 0.258. The van der Waals surface area contributed by atoms with E-state index in [-0.39, 0.29) is 5.92 Å². The number of hydrogen-bond acceptors (Lipinski definition) is 4. The number of benzene rings is 6. The minimum Gasteiger partial charge on any atom is -0.460 e. The Morgan fingerprint density at radius 3 is 1.85 bits per heavy atom. The summed E-state index contributed by atoms with van der Waals surface area (Å²) in [5, 5.41) is 6.85. The second kappa shape index (κ2) is 12.3. The molecule has 0 amide bonds. The highest BCUT2D eigenvalue weighted by molar-refractivity contribution is 6.23. The number of allylic oxidation sites excluding steroid dienone is 2. The molecule has 0 spiro atoms. The van der Waals surface area contributed by atoms with Crippen LogP contribution in [-0.2, 0) is 0 Å². The molecule has 6 aromatic carbocycles. The van der Waals surface area contributed by atoms with E-state index in [1.54, 1.807) is 0 Å². The first-order chi connectivity index (χ1) is 29.2. The first-order valence-corrected chi connectivity index (χ1v) is 20.5. The molecule has 5 aromatic heterocycles. The van der Waals surface area contributed by atoms with Crippen LogP contribution in [0, 0.1) is 5.92 Å². The molecular weight excluding hydrogens is 725 g/mol. The third kappa shape index (κ3) is 4.62. The van der Waals surface area contributed by atoms with Crippen molar-refractivity contribution in [1.29, 1.82) is 0 Å². The molecule has 6 heteroatoms. The number of rotatable bonds is 4. The smallest absolute Gasteiger partial charge is 0.144 e. The van der Waals surface area contributed by atoms with E-state index in [1.165, 1.54) is 21.9 Å². The van der Waals surface area contributed by atoms with E-state index in [0.717, 1.165) is 108 Å². The van der Waals surface area contributed by atoms with Crippen LogP contribution < -0.4 is 4.74 Å². The number of para-hydroxylation sites is 5. The second-order valence-corrected chi connectivity index (χ2v) is 16.1. The van der Waals surface area contributed by atoms with Crippen molar-refractivity contribution in [2.45, 2.75) is 25.7 Å². The highest BCUT2D eigenvalue weighted by atomic mass is 16.5. The van der Waals surface area contributed by atoms with Crippen LogP contribution in [0.1, 0.15) is 36.9 Å². The summed E-state index contributed by atoms with van der Waals surface area (Å²) in [7, 11) is 0. The fourth-order valence-corrected chi connectivity index (χ4v) is 10.2. The van der Waals surface area contributed by atoms with Crippen molar-refractivity contribution in [2.75, 3.05) is 0 Å². The standard InChI is InChI=1S/C53H36N4O2/c1-31-27-28-39-35-16-5-9-24-46(35)59-53(39)49(31)42-20-12-26-48(55-42)57-44-22-7-3-14-33(44)37-30-29-36-32-13-2-6-21-43(32)56(50(36)51(37)57)47-25-11-19-41(54-47)40-18-10-17-38-34-15-4-8-23-45(34)58-52(38)40/h2-26,29-31,39H,27-28H2,1H3. The fraction of sp³-hybridized carbons (Fsp3) is 0.0943. The molecule has 0 saturated carbocycles. The monoisotopic (exact) mass is 760 g/mol. The van der Waals surface area contributed by atoms with E-state index in [0.29, 0.717) is 5.92 Å². The first-order valence-electron chi connectivity index (χ1n) is 20.5. The van der Waals surface area contributed by atoms with Crippen LogP contribution in [0.4, 0.5) is 0 Å². The van der Waals surface area contributed by atoms with Crippen molar-refractivity contribution in [3.8, 4) is 28.6 Å². The van der Waals surface area contributed by atoms with E-state index >= 15 is 0 Å². The SMILES string of the molecule is CC1CCC2C(=C1c1cccc(-n3c4ccccc4c4ccc5c6ccccc6n(-c6cccc(-c7cccc8c7oc7ccccc78)n6)c5c43)n1)Oc1ccccc12. The van der Waals surface area contributed by atoms with Crippen LogP contribution >= 0.6 is 0 Å². The summed E-state index contributed by atoms with van der Waals surface area (Å²) in [6, 6.07) is 57.8. The summed E-state index contributed by atoms with van der Waals surface area (Å²) in [6.07, 6.45) is 2.16. The molecule has 6 nitrogen and oxygen atoms in total. The molecule has 11 aromatic rings. The van der Waals surface area contributed by atoms with Crippen LogP contribution in [0.15, 0.2) is 174 Å². The van der Waals surface area contributed by atoms with Crippen molar-refractivity contribution in [1.82, 2.24) is 19.1 Å². The van der Waals surface area contributed by atoms with Crippen LogP contribution in [0.25, 0.3) is 94.0 Å². The lowest BCUT2D eigenvalue weighted by atomic mass is 9.78. The molecule has 2 aliphatic rings. The number of aromatic nitrogens is 4. The number of furan rings is 1. The average molecular weight is 761 g/mol. The normalized spacial score (nSPS) is 16.5. The zero-order valence-electron chi connectivity index (χ0n) is 32.3. The van der Waals surface area contributed by atoms with E-state index in [9.17, 15) is 0 Å². The summed E-state index contributed by atoms with van der Waals surface area (Å²) < 4.78 is 17.9. The lowest BCUT2D eigenvalue weighted by molar-refractivity contribution is 0.392. The number of ether oxygens (including phenoxy) is 1. The van der Waals surface area contributed by atoms with Gasteiger partial charge in [0.25, 0.3) is 0 Å². The van der Waals surface area contributed by atoms with Gasteiger partial charge in [0.2, 0.25) is 0 Å². The van der Waals surface area contributed by atoms with E-state index < -0.39 is 0 Å². The highest BCUT2D eigenvalue weighted by Gasteiger charge is 2.38. The van der Waals surface area contributed by atoms with Crippen molar-refractivity contribution >= 4 is 71.1 Å². The maximum atomic E-state index is 6.67. The molecule has 13 rings (SSSR count). The summed E-state index contributed by atoms with van der Waals surface area (Å²) in [5.74, 6) is 4.31. The van der Waals surface area contributed by atoms with Crippen molar-refractivity contribution < 1.29 is 9.15 Å². The van der Waals surface area contributed by atoms with Crippen molar-refractivity contribution in [3.63, 3.8) is 0 Å². The van der Waals surface area contributed by atoms with Gasteiger partial charge >= 0.3 is 0 Å². The Labute approximate surface area is 339 Å². The summed E-state index contributed by atoms with van der Waals surface area (Å²) in [4.78, 5) is 11.0. The molecule has 0 saturated heterocycles. The Bertz CT molecular complexity index is 3580. The molecule has 0 N–H and O–H groups in total. The number of pyridine rings is 2. The van der Waals surface area contributed by atoms with Gasteiger partial charge < -0.3 is 9.15 Å². The Kier molecular flexibility index (Phi) is 6.79. The second-order valence-electron chi connectivity index (χ2n) is 16.1. The Balaban J connectivity index is 1.07. The first kappa shape index (κ1) is 32.6. The molecule has 6 heterocycles. The molecule has 280 valence electrons. The van der Waals surface area contributed by atoms with E-state index in [4.69, 9.17) is 19.1 Å². The maximum absolute atomic E-state index is 6.67. The predicted molar refractivity (Wildman–Crippen MR) is 239 cm³/mol. The van der Waals surface area contributed by atoms with Gasteiger partial charge in [-0.05, 0) is 73.4 Å².